The first-order valence-electron chi connectivity index (χ1n) is 7.94. The lowest BCUT2D eigenvalue weighted by atomic mass is 10.1. The lowest BCUT2D eigenvalue weighted by Crippen LogP contribution is -2.42. The van der Waals surface area contributed by atoms with Crippen LogP contribution in [0.15, 0.2) is 22.0 Å². The van der Waals surface area contributed by atoms with E-state index in [1.54, 1.807) is 0 Å². The van der Waals surface area contributed by atoms with Crippen molar-refractivity contribution in [2.75, 3.05) is 5.32 Å². The topological polar surface area (TPSA) is 70.6 Å². The van der Waals surface area contributed by atoms with E-state index in [0.717, 1.165) is 24.0 Å². The predicted molar refractivity (Wildman–Crippen MR) is 88.8 cm³/mol. The summed E-state index contributed by atoms with van der Waals surface area (Å²) >= 11 is 0. The molecule has 1 saturated carbocycles. The van der Waals surface area contributed by atoms with Crippen LogP contribution in [0.4, 0.5) is 5.69 Å². The van der Waals surface area contributed by atoms with Crippen LogP contribution in [-0.2, 0) is 10.0 Å². The molecule has 0 bridgehead atoms. The average molecular weight is 321 g/mol. The average Bonchev–Trinajstić information content (AvgIpc) is 2.64. The molecule has 1 aromatic carbocycles. The van der Waals surface area contributed by atoms with Gasteiger partial charge in [0.1, 0.15) is 4.90 Å². The van der Waals surface area contributed by atoms with Crippen molar-refractivity contribution in [3.63, 3.8) is 0 Å². The van der Waals surface area contributed by atoms with Crippen molar-refractivity contribution in [1.82, 2.24) is 4.72 Å². The van der Waals surface area contributed by atoms with Crippen LogP contribution in [0.1, 0.15) is 49.7 Å². The van der Waals surface area contributed by atoms with E-state index in [1.807, 2.05) is 26.0 Å². The summed E-state index contributed by atoms with van der Waals surface area (Å²) in [7, 11) is -3.54. The highest BCUT2D eigenvalue weighted by Gasteiger charge is 2.29. The molecular formula is C16H23N3O2S. The molecule has 1 fully saturated rings. The van der Waals surface area contributed by atoms with Gasteiger partial charge in [0, 0.05) is 0 Å². The fourth-order valence-electron chi connectivity index (χ4n) is 3.36. The van der Waals surface area contributed by atoms with Crippen LogP contribution in [0.2, 0.25) is 0 Å². The molecule has 22 heavy (non-hydrogen) atoms. The Morgan fingerprint density at radius 2 is 1.77 bits per heavy atom. The van der Waals surface area contributed by atoms with Crippen LogP contribution in [0.3, 0.4) is 0 Å². The van der Waals surface area contributed by atoms with Gasteiger partial charge in [-0.25, -0.2) is 18.1 Å². The second kappa shape index (κ2) is 5.91. The molecule has 1 heterocycles. The van der Waals surface area contributed by atoms with Gasteiger partial charge in [-0.1, -0.05) is 31.7 Å². The van der Waals surface area contributed by atoms with Gasteiger partial charge >= 0.3 is 0 Å². The number of sulfonamides is 1. The Balaban J connectivity index is 1.94. The molecule has 1 aliphatic heterocycles. The normalized spacial score (nSPS) is 23.3. The first-order valence-corrected chi connectivity index (χ1v) is 9.43. The number of rotatable bonds is 1. The van der Waals surface area contributed by atoms with E-state index in [9.17, 15) is 8.42 Å². The summed E-state index contributed by atoms with van der Waals surface area (Å²) in [5.74, 6) is 0.365. The lowest BCUT2D eigenvalue weighted by Gasteiger charge is -2.24. The van der Waals surface area contributed by atoms with Gasteiger partial charge in [-0.2, -0.15) is 0 Å². The van der Waals surface area contributed by atoms with Crippen molar-refractivity contribution in [3.8, 4) is 0 Å². The van der Waals surface area contributed by atoms with E-state index < -0.39 is 10.0 Å². The fraction of sp³-hybridized carbons (Fsp3) is 0.562. The molecule has 5 nitrogen and oxygen atoms in total. The van der Waals surface area contributed by atoms with Crippen LogP contribution in [0.25, 0.3) is 0 Å². The predicted octanol–water partition coefficient (Wildman–Crippen LogP) is 3.09. The Morgan fingerprint density at radius 1 is 1.09 bits per heavy atom. The molecule has 3 rings (SSSR count). The van der Waals surface area contributed by atoms with Crippen LogP contribution in [-0.4, -0.2) is 20.4 Å². The first kappa shape index (κ1) is 15.3. The minimum atomic E-state index is -3.54. The highest BCUT2D eigenvalue weighted by Crippen LogP contribution is 2.30. The number of aliphatic imine (C=N–C) groups is 1. The molecular weight excluding hydrogens is 298 g/mol. The number of aryl methyl sites for hydroxylation is 2. The van der Waals surface area contributed by atoms with E-state index in [1.165, 1.54) is 25.7 Å². The van der Waals surface area contributed by atoms with Gasteiger partial charge in [-0.15, -0.1) is 0 Å². The van der Waals surface area contributed by atoms with Crippen molar-refractivity contribution in [1.29, 1.82) is 0 Å². The highest BCUT2D eigenvalue weighted by atomic mass is 32.2. The maximum Gasteiger partial charge on any atom is 0.266 e. The number of nitrogens with one attached hydrogen (secondary N) is 2. The Morgan fingerprint density at radius 3 is 2.45 bits per heavy atom. The summed E-state index contributed by atoms with van der Waals surface area (Å²) < 4.78 is 27.6. The van der Waals surface area contributed by atoms with Crippen molar-refractivity contribution in [2.24, 2.45) is 4.99 Å². The zero-order valence-corrected chi connectivity index (χ0v) is 14.0. The van der Waals surface area contributed by atoms with Crippen LogP contribution in [0.5, 0.6) is 0 Å². The van der Waals surface area contributed by atoms with E-state index in [4.69, 9.17) is 0 Å². The third-order valence-corrected chi connectivity index (χ3v) is 5.85. The molecule has 0 saturated heterocycles. The van der Waals surface area contributed by atoms with Gasteiger partial charge in [0.25, 0.3) is 10.0 Å². The third-order valence-electron chi connectivity index (χ3n) is 4.31. The molecule has 0 aromatic heterocycles. The summed E-state index contributed by atoms with van der Waals surface area (Å²) in [6, 6.07) is 3.96. The van der Waals surface area contributed by atoms with Crippen LogP contribution < -0.4 is 10.0 Å². The number of benzene rings is 1. The summed E-state index contributed by atoms with van der Waals surface area (Å²) in [6.45, 7) is 3.78. The van der Waals surface area contributed by atoms with Gasteiger partial charge in [0.05, 0.1) is 11.7 Å². The second-order valence-electron chi connectivity index (χ2n) is 6.31. The maximum atomic E-state index is 12.5. The summed E-state index contributed by atoms with van der Waals surface area (Å²) in [6.07, 6.45) is 6.91. The first-order chi connectivity index (χ1) is 10.5. The van der Waals surface area contributed by atoms with E-state index >= 15 is 0 Å². The minimum absolute atomic E-state index is 0.208. The Bertz CT molecular complexity index is 702. The molecule has 1 aromatic rings. The molecule has 0 radical (unpaired) electrons. The summed E-state index contributed by atoms with van der Waals surface area (Å²) in [5, 5.41) is 3.16. The van der Waals surface area contributed by atoms with Crippen LogP contribution >= 0.6 is 0 Å². The van der Waals surface area contributed by atoms with Crippen molar-refractivity contribution in [2.45, 2.75) is 63.3 Å². The quantitative estimate of drug-likeness (QED) is 0.781. The fourth-order valence-corrected chi connectivity index (χ4v) is 4.71. The van der Waals surface area contributed by atoms with Gasteiger partial charge in [0.15, 0.2) is 0 Å². The minimum Gasteiger partial charge on any atom is -0.324 e. The highest BCUT2D eigenvalue weighted by molar-refractivity contribution is 7.90. The molecule has 0 spiro atoms. The maximum absolute atomic E-state index is 12.5. The lowest BCUT2D eigenvalue weighted by molar-refractivity contribution is 0.579. The van der Waals surface area contributed by atoms with E-state index in [-0.39, 0.29) is 6.04 Å². The molecule has 0 amide bonds. The number of hydrogen-bond donors (Lipinski definition) is 2. The number of fused-ring (bicyclic) bond motifs is 1. The van der Waals surface area contributed by atoms with Gasteiger partial charge in [-0.3, -0.25) is 0 Å². The number of anilines is 1. The SMILES string of the molecule is Cc1cc(C)c2c(c1)NC(=NC1CCCCCC1)NS2(=O)=O. The second-order valence-corrected chi connectivity index (χ2v) is 7.93. The van der Waals surface area contributed by atoms with Gasteiger partial charge in [0.2, 0.25) is 5.96 Å². The summed E-state index contributed by atoms with van der Waals surface area (Å²) in [4.78, 5) is 4.96. The molecule has 2 aliphatic rings. The van der Waals surface area contributed by atoms with Crippen LogP contribution in [0, 0.1) is 13.8 Å². The standard InChI is InChI=1S/C16H23N3O2S/c1-11-9-12(2)15-14(10-11)18-16(19-22(15,20)21)17-13-7-5-3-4-6-8-13/h9-10,13H,3-8H2,1-2H3,(H2,17,18,19). The zero-order valence-electron chi connectivity index (χ0n) is 13.1. The smallest absolute Gasteiger partial charge is 0.266 e. The van der Waals surface area contributed by atoms with Gasteiger partial charge < -0.3 is 5.32 Å². The van der Waals surface area contributed by atoms with E-state index in [0.29, 0.717) is 16.5 Å². The largest absolute Gasteiger partial charge is 0.324 e. The summed E-state index contributed by atoms with van der Waals surface area (Å²) in [5.41, 5.74) is 2.42. The molecule has 2 N–H and O–H groups in total. The molecule has 0 unspecified atom stereocenters. The Labute approximate surface area is 132 Å². The van der Waals surface area contributed by atoms with Crippen molar-refractivity contribution in [3.05, 3.63) is 23.3 Å². The zero-order chi connectivity index (χ0) is 15.7. The van der Waals surface area contributed by atoms with Gasteiger partial charge in [-0.05, 0) is 43.9 Å². The number of guanidine groups is 1. The molecule has 6 heteroatoms. The molecule has 120 valence electrons. The molecule has 0 atom stereocenters. The monoisotopic (exact) mass is 321 g/mol. The Hall–Kier alpha value is -1.56. The third kappa shape index (κ3) is 3.11. The van der Waals surface area contributed by atoms with Crippen molar-refractivity contribution < 1.29 is 8.42 Å². The van der Waals surface area contributed by atoms with E-state index in [2.05, 4.69) is 15.0 Å². The number of nitrogens with zero attached hydrogens (tertiary/aromatic N) is 1. The Kier molecular flexibility index (Phi) is 4.12. The number of hydrogen-bond acceptors (Lipinski definition) is 3. The molecule has 1 aliphatic carbocycles. The van der Waals surface area contributed by atoms with Crippen molar-refractivity contribution >= 4 is 21.7 Å².